The molecule has 5 N–H and O–H groups in total. The van der Waals surface area contributed by atoms with Gasteiger partial charge in [-0.15, -0.1) is 6.42 Å². The number of terminal acetylenes is 1. The van der Waals surface area contributed by atoms with Gasteiger partial charge in [0.25, 0.3) is 0 Å². The van der Waals surface area contributed by atoms with Crippen molar-refractivity contribution in [1.82, 2.24) is 9.55 Å². The molecule has 2 heterocycles. The molecule has 0 bridgehead atoms. The van der Waals surface area contributed by atoms with Gasteiger partial charge >= 0.3 is 5.69 Å². The molecule has 0 amide bonds. The number of anilines is 1. The van der Waals surface area contributed by atoms with E-state index in [2.05, 4.69) is 10.9 Å². The normalized spacial score (nSPS) is 34.1. The smallest absolute Gasteiger partial charge is 0.351 e. The highest BCUT2D eigenvalue weighted by atomic mass is 16.6. The molecule has 0 saturated carbocycles. The van der Waals surface area contributed by atoms with Crippen LogP contribution in [0.3, 0.4) is 0 Å². The highest BCUT2D eigenvalue weighted by molar-refractivity contribution is 5.24. The Hall–Kier alpha value is -1.92. The van der Waals surface area contributed by atoms with Gasteiger partial charge in [0.2, 0.25) is 0 Å². The Morgan fingerprint density at radius 1 is 1.63 bits per heavy atom. The standard InChI is InChI=1S/C11H13N3O5/c1-2-11(5-15)8(17)7(16)9(19-11)14-4-3-6(12)13-10(14)18/h1,3-4,7-9,15-17H,5H2,(H2,12,13,18)/t7-,8-,9+,11+/m0/s1. The molecule has 0 aromatic carbocycles. The van der Waals surface area contributed by atoms with Crippen molar-refractivity contribution in [2.45, 2.75) is 24.0 Å². The van der Waals surface area contributed by atoms with E-state index in [1.54, 1.807) is 0 Å². The minimum Gasteiger partial charge on any atom is -0.392 e. The van der Waals surface area contributed by atoms with E-state index in [9.17, 15) is 20.1 Å². The molecular formula is C11H13N3O5. The van der Waals surface area contributed by atoms with Crippen molar-refractivity contribution in [3.05, 3.63) is 22.7 Å². The monoisotopic (exact) mass is 267 g/mol. The van der Waals surface area contributed by atoms with Crippen molar-refractivity contribution in [1.29, 1.82) is 0 Å². The number of ether oxygens (including phenoxy) is 1. The fourth-order valence-electron chi connectivity index (χ4n) is 1.92. The summed E-state index contributed by atoms with van der Waals surface area (Å²) in [7, 11) is 0. The Kier molecular flexibility index (Phi) is 3.30. The Labute approximate surface area is 108 Å². The molecule has 0 spiro atoms. The molecule has 1 aromatic heterocycles. The largest absolute Gasteiger partial charge is 0.392 e. The zero-order valence-electron chi connectivity index (χ0n) is 9.80. The lowest BCUT2D eigenvalue weighted by Gasteiger charge is -2.23. The molecule has 1 aliphatic heterocycles. The number of hydrogen-bond donors (Lipinski definition) is 4. The van der Waals surface area contributed by atoms with Crippen LogP contribution in [-0.4, -0.2) is 49.3 Å². The van der Waals surface area contributed by atoms with Crippen LogP contribution < -0.4 is 11.4 Å². The molecule has 1 aromatic rings. The molecule has 8 nitrogen and oxygen atoms in total. The Morgan fingerprint density at radius 3 is 2.79 bits per heavy atom. The summed E-state index contributed by atoms with van der Waals surface area (Å²) in [6.07, 6.45) is 2.20. The van der Waals surface area contributed by atoms with Gasteiger partial charge in [-0.2, -0.15) is 4.98 Å². The number of aliphatic hydroxyl groups excluding tert-OH is 3. The molecule has 4 atom stereocenters. The summed E-state index contributed by atoms with van der Waals surface area (Å²) < 4.78 is 6.22. The van der Waals surface area contributed by atoms with Gasteiger partial charge in [0.1, 0.15) is 18.0 Å². The third-order valence-corrected chi connectivity index (χ3v) is 3.03. The van der Waals surface area contributed by atoms with Crippen molar-refractivity contribution in [3.8, 4) is 12.3 Å². The highest BCUT2D eigenvalue weighted by Gasteiger charge is 2.54. The lowest BCUT2D eigenvalue weighted by atomic mass is 9.97. The second-order valence-electron chi connectivity index (χ2n) is 4.18. The summed E-state index contributed by atoms with van der Waals surface area (Å²) in [5, 5.41) is 29.0. The van der Waals surface area contributed by atoms with Gasteiger partial charge in [-0.1, -0.05) is 5.92 Å². The molecule has 0 unspecified atom stereocenters. The summed E-state index contributed by atoms with van der Waals surface area (Å²) >= 11 is 0. The summed E-state index contributed by atoms with van der Waals surface area (Å²) in [5.41, 5.74) is 2.82. The Balaban J connectivity index is 2.43. The lowest BCUT2D eigenvalue weighted by molar-refractivity contribution is -0.0935. The van der Waals surface area contributed by atoms with Gasteiger partial charge in [-0.05, 0) is 6.07 Å². The third kappa shape index (κ3) is 1.98. The van der Waals surface area contributed by atoms with Gasteiger partial charge in [0.05, 0.1) is 6.61 Å². The molecular weight excluding hydrogens is 254 g/mol. The lowest BCUT2D eigenvalue weighted by Crippen LogP contribution is -2.45. The molecule has 1 fully saturated rings. The number of nitrogens with two attached hydrogens (primary N) is 1. The first-order chi connectivity index (χ1) is 8.95. The fraction of sp³-hybridized carbons (Fsp3) is 0.455. The molecule has 2 rings (SSSR count). The Morgan fingerprint density at radius 2 is 2.32 bits per heavy atom. The second-order valence-corrected chi connectivity index (χ2v) is 4.18. The van der Waals surface area contributed by atoms with E-state index in [-0.39, 0.29) is 5.82 Å². The van der Waals surface area contributed by atoms with Gasteiger partial charge in [-0.3, -0.25) is 4.57 Å². The SMILES string of the molecule is C#C[C@]1(CO)O[C@@H](n2ccc(N)nc2=O)[C@@H](O)[C@@H]1O. The first-order valence-electron chi connectivity index (χ1n) is 5.42. The van der Waals surface area contributed by atoms with E-state index >= 15 is 0 Å². The van der Waals surface area contributed by atoms with E-state index in [1.165, 1.54) is 12.3 Å². The number of hydrogen-bond acceptors (Lipinski definition) is 7. The van der Waals surface area contributed by atoms with Crippen molar-refractivity contribution in [2.75, 3.05) is 12.3 Å². The molecule has 0 radical (unpaired) electrons. The molecule has 0 aliphatic carbocycles. The summed E-state index contributed by atoms with van der Waals surface area (Å²) in [5.74, 6) is 2.11. The van der Waals surface area contributed by atoms with Crippen molar-refractivity contribution in [2.24, 2.45) is 0 Å². The van der Waals surface area contributed by atoms with Gasteiger partial charge in [0, 0.05) is 6.20 Å². The highest BCUT2D eigenvalue weighted by Crippen LogP contribution is 2.35. The fourth-order valence-corrected chi connectivity index (χ4v) is 1.92. The van der Waals surface area contributed by atoms with E-state index in [0.29, 0.717) is 0 Å². The quantitative estimate of drug-likeness (QED) is 0.433. The van der Waals surface area contributed by atoms with E-state index in [1.807, 2.05) is 0 Å². The molecule has 1 aliphatic rings. The average molecular weight is 267 g/mol. The molecule has 19 heavy (non-hydrogen) atoms. The number of aliphatic hydroxyl groups is 3. The predicted octanol–water partition coefficient (Wildman–Crippen LogP) is -2.56. The zero-order chi connectivity index (χ0) is 14.2. The topological polar surface area (TPSA) is 131 Å². The van der Waals surface area contributed by atoms with Crippen molar-refractivity contribution >= 4 is 5.82 Å². The van der Waals surface area contributed by atoms with Gasteiger partial charge < -0.3 is 25.8 Å². The van der Waals surface area contributed by atoms with E-state index < -0.39 is 36.3 Å². The van der Waals surface area contributed by atoms with E-state index in [4.69, 9.17) is 16.9 Å². The van der Waals surface area contributed by atoms with Crippen LogP contribution >= 0.6 is 0 Å². The van der Waals surface area contributed by atoms with Crippen LogP contribution in [0.25, 0.3) is 0 Å². The van der Waals surface area contributed by atoms with Crippen LogP contribution in [0.1, 0.15) is 6.23 Å². The van der Waals surface area contributed by atoms with Crippen molar-refractivity contribution < 1.29 is 20.1 Å². The summed E-state index contributed by atoms with van der Waals surface area (Å²) in [6.45, 7) is -0.699. The number of aromatic nitrogens is 2. The number of nitrogen functional groups attached to an aromatic ring is 1. The Bertz CT molecular complexity index is 580. The predicted molar refractivity (Wildman–Crippen MR) is 63.7 cm³/mol. The second kappa shape index (κ2) is 4.64. The molecule has 8 heteroatoms. The van der Waals surface area contributed by atoms with E-state index in [0.717, 1.165) is 4.57 Å². The van der Waals surface area contributed by atoms with Crippen LogP contribution in [0.5, 0.6) is 0 Å². The van der Waals surface area contributed by atoms with Gasteiger partial charge in [-0.25, -0.2) is 4.79 Å². The van der Waals surface area contributed by atoms with Crippen LogP contribution in [0.2, 0.25) is 0 Å². The van der Waals surface area contributed by atoms with Crippen LogP contribution in [0.15, 0.2) is 17.1 Å². The minimum absolute atomic E-state index is 0.0136. The van der Waals surface area contributed by atoms with Crippen molar-refractivity contribution in [3.63, 3.8) is 0 Å². The first-order valence-corrected chi connectivity index (χ1v) is 5.42. The zero-order valence-corrected chi connectivity index (χ0v) is 9.80. The first kappa shape index (κ1) is 13.5. The van der Waals surface area contributed by atoms with Crippen LogP contribution in [0, 0.1) is 12.3 Å². The molecule has 102 valence electrons. The van der Waals surface area contributed by atoms with Crippen LogP contribution in [0.4, 0.5) is 5.82 Å². The number of nitrogens with zero attached hydrogens (tertiary/aromatic N) is 2. The van der Waals surface area contributed by atoms with Gasteiger partial charge in [0.15, 0.2) is 11.8 Å². The maximum atomic E-state index is 11.7. The minimum atomic E-state index is -1.76. The maximum Gasteiger partial charge on any atom is 0.351 e. The molecule has 1 saturated heterocycles. The summed E-state index contributed by atoms with van der Waals surface area (Å²) in [4.78, 5) is 15.1. The third-order valence-electron chi connectivity index (χ3n) is 3.03. The van der Waals surface area contributed by atoms with Crippen LogP contribution in [-0.2, 0) is 4.74 Å². The maximum absolute atomic E-state index is 11.7. The summed E-state index contributed by atoms with van der Waals surface area (Å²) in [6, 6.07) is 1.33. The average Bonchev–Trinajstić information content (AvgIpc) is 2.64. The number of rotatable bonds is 2.